The van der Waals surface area contributed by atoms with E-state index < -0.39 is 0 Å². The summed E-state index contributed by atoms with van der Waals surface area (Å²) >= 11 is 5.96. The van der Waals surface area contributed by atoms with Gasteiger partial charge < -0.3 is 10.8 Å². The molecule has 0 unspecified atom stereocenters. The largest absolute Gasteiger partial charge is 0.506 e. The molecule has 3 aromatic rings. The normalized spacial score (nSPS) is 11.0. The molecule has 3 rings (SSSR count). The number of phenols is 1. The molecule has 0 aliphatic rings. The number of hydrogen-bond acceptors (Lipinski definition) is 3. The van der Waals surface area contributed by atoms with Crippen molar-refractivity contribution in [3.63, 3.8) is 0 Å². The highest BCUT2D eigenvalue weighted by molar-refractivity contribution is 6.17. The summed E-state index contributed by atoms with van der Waals surface area (Å²) in [5.41, 5.74) is 8.75. The number of rotatable bonds is 2. The number of nitrogen functional groups attached to an aromatic ring is 1. The Morgan fingerprint density at radius 1 is 1.21 bits per heavy atom. The molecule has 0 spiro atoms. The smallest absolute Gasteiger partial charge is 0.138 e. The van der Waals surface area contributed by atoms with E-state index >= 15 is 0 Å². The van der Waals surface area contributed by atoms with Crippen LogP contribution in [0, 0.1) is 0 Å². The molecule has 2 aromatic carbocycles. The van der Waals surface area contributed by atoms with Crippen LogP contribution in [-0.2, 0) is 5.88 Å². The second kappa shape index (κ2) is 4.48. The Hall–Kier alpha value is -2.20. The van der Waals surface area contributed by atoms with Crippen molar-refractivity contribution in [1.29, 1.82) is 0 Å². The van der Waals surface area contributed by atoms with Gasteiger partial charge in [0.15, 0.2) is 0 Å². The van der Waals surface area contributed by atoms with Gasteiger partial charge in [-0.05, 0) is 30.3 Å². The first-order valence-corrected chi connectivity index (χ1v) is 6.35. The molecule has 4 nitrogen and oxygen atoms in total. The van der Waals surface area contributed by atoms with Crippen LogP contribution < -0.4 is 5.73 Å². The second-order valence-corrected chi connectivity index (χ2v) is 4.50. The van der Waals surface area contributed by atoms with Crippen LogP contribution in [0.15, 0.2) is 42.5 Å². The number of fused-ring (bicyclic) bond motifs is 1. The van der Waals surface area contributed by atoms with Gasteiger partial charge >= 0.3 is 0 Å². The number of phenolic OH excluding ortho intramolecular Hbond substituents is 1. The molecule has 0 saturated carbocycles. The molecule has 0 saturated heterocycles. The van der Waals surface area contributed by atoms with E-state index in [0.717, 1.165) is 22.5 Å². The number of aromatic hydroxyl groups is 1. The van der Waals surface area contributed by atoms with Crippen LogP contribution in [0.25, 0.3) is 16.7 Å². The molecule has 0 aliphatic heterocycles. The summed E-state index contributed by atoms with van der Waals surface area (Å²) in [6.07, 6.45) is 0. The van der Waals surface area contributed by atoms with Crippen molar-refractivity contribution in [2.45, 2.75) is 5.88 Å². The molecule has 3 N–H and O–H groups in total. The SMILES string of the molecule is Nc1cc(-n2c(CCl)nc3ccccc32)ccc1O. The van der Waals surface area contributed by atoms with E-state index in [1.165, 1.54) is 0 Å². The van der Waals surface area contributed by atoms with E-state index in [9.17, 15) is 5.11 Å². The van der Waals surface area contributed by atoms with Crippen molar-refractivity contribution in [2.75, 3.05) is 5.73 Å². The van der Waals surface area contributed by atoms with Gasteiger partial charge in [0.25, 0.3) is 0 Å². The molecular formula is C14H12ClN3O. The van der Waals surface area contributed by atoms with Crippen molar-refractivity contribution in [3.05, 3.63) is 48.3 Å². The fourth-order valence-corrected chi connectivity index (χ4v) is 2.31. The van der Waals surface area contributed by atoms with Gasteiger partial charge in [-0.15, -0.1) is 11.6 Å². The molecule has 1 heterocycles. The van der Waals surface area contributed by atoms with Crippen LogP contribution in [0.4, 0.5) is 5.69 Å². The summed E-state index contributed by atoms with van der Waals surface area (Å²) in [4.78, 5) is 4.49. The Morgan fingerprint density at radius 3 is 2.74 bits per heavy atom. The number of imidazole rings is 1. The van der Waals surface area contributed by atoms with E-state index in [2.05, 4.69) is 4.98 Å². The quantitative estimate of drug-likeness (QED) is 0.428. The molecule has 19 heavy (non-hydrogen) atoms. The lowest BCUT2D eigenvalue weighted by Gasteiger charge is -2.09. The molecule has 0 amide bonds. The lowest BCUT2D eigenvalue weighted by Crippen LogP contribution is -2.00. The number of benzene rings is 2. The summed E-state index contributed by atoms with van der Waals surface area (Å²) < 4.78 is 1.94. The Morgan fingerprint density at radius 2 is 2.00 bits per heavy atom. The minimum absolute atomic E-state index is 0.0700. The average molecular weight is 274 g/mol. The molecule has 96 valence electrons. The molecule has 5 heteroatoms. The maximum absolute atomic E-state index is 9.51. The summed E-state index contributed by atoms with van der Waals surface area (Å²) in [5.74, 6) is 1.11. The first-order valence-electron chi connectivity index (χ1n) is 5.82. The van der Waals surface area contributed by atoms with Crippen molar-refractivity contribution < 1.29 is 5.11 Å². The molecule has 0 atom stereocenters. The van der Waals surface area contributed by atoms with Crippen LogP contribution in [0.1, 0.15) is 5.82 Å². The molecule has 0 bridgehead atoms. The number of hydrogen-bond donors (Lipinski definition) is 2. The fraction of sp³-hybridized carbons (Fsp3) is 0.0714. The van der Waals surface area contributed by atoms with Gasteiger partial charge in [-0.3, -0.25) is 4.57 Å². The van der Waals surface area contributed by atoms with Gasteiger partial charge in [0, 0.05) is 5.69 Å². The topological polar surface area (TPSA) is 64.1 Å². The van der Waals surface area contributed by atoms with Crippen LogP contribution >= 0.6 is 11.6 Å². The number of nitrogens with two attached hydrogens (primary N) is 1. The highest BCUT2D eigenvalue weighted by Crippen LogP contribution is 2.27. The zero-order valence-corrected chi connectivity index (χ0v) is 10.8. The summed E-state index contributed by atoms with van der Waals surface area (Å²) in [6.45, 7) is 0. The number of aromatic nitrogens is 2. The minimum atomic E-state index is 0.0700. The Balaban J connectivity index is 2.31. The third kappa shape index (κ3) is 1.90. The molecule has 0 radical (unpaired) electrons. The number of nitrogens with zero attached hydrogens (tertiary/aromatic N) is 2. The Kier molecular flexibility index (Phi) is 2.80. The number of halogens is 1. The average Bonchev–Trinajstić information content (AvgIpc) is 2.80. The first kappa shape index (κ1) is 11.9. The Labute approximate surface area is 115 Å². The zero-order chi connectivity index (χ0) is 13.4. The van der Waals surface area contributed by atoms with Gasteiger partial charge in [-0.1, -0.05) is 12.1 Å². The van der Waals surface area contributed by atoms with E-state index in [1.54, 1.807) is 18.2 Å². The number of alkyl halides is 1. The predicted octanol–water partition coefficient (Wildman–Crippen LogP) is 3.05. The summed E-state index contributed by atoms with van der Waals surface area (Å²) in [6, 6.07) is 12.9. The van der Waals surface area contributed by atoms with Gasteiger partial charge in [0.05, 0.1) is 22.6 Å². The van der Waals surface area contributed by atoms with E-state index in [-0.39, 0.29) is 5.75 Å². The van der Waals surface area contributed by atoms with Gasteiger partial charge in [0.2, 0.25) is 0 Å². The van der Waals surface area contributed by atoms with E-state index in [0.29, 0.717) is 11.6 Å². The highest BCUT2D eigenvalue weighted by Gasteiger charge is 2.12. The van der Waals surface area contributed by atoms with E-state index in [1.807, 2.05) is 28.8 Å². The maximum atomic E-state index is 9.51. The van der Waals surface area contributed by atoms with Crippen LogP contribution in [0.5, 0.6) is 5.75 Å². The fourth-order valence-electron chi connectivity index (χ4n) is 2.13. The third-order valence-corrected chi connectivity index (χ3v) is 3.26. The lowest BCUT2D eigenvalue weighted by atomic mass is 10.2. The maximum Gasteiger partial charge on any atom is 0.138 e. The second-order valence-electron chi connectivity index (χ2n) is 4.23. The standard InChI is InChI=1S/C14H12ClN3O/c15-8-14-17-11-3-1-2-4-12(11)18(14)9-5-6-13(19)10(16)7-9/h1-7,19H,8,16H2. The van der Waals surface area contributed by atoms with Crippen LogP contribution in [-0.4, -0.2) is 14.7 Å². The van der Waals surface area contributed by atoms with Gasteiger partial charge in [-0.2, -0.15) is 0 Å². The van der Waals surface area contributed by atoms with Gasteiger partial charge in [0.1, 0.15) is 11.6 Å². The number of anilines is 1. The predicted molar refractivity (Wildman–Crippen MR) is 76.7 cm³/mol. The Bertz CT molecular complexity index is 752. The van der Waals surface area contributed by atoms with Crippen molar-refractivity contribution >= 4 is 28.3 Å². The molecule has 0 fully saturated rings. The molecule has 1 aromatic heterocycles. The lowest BCUT2D eigenvalue weighted by molar-refractivity contribution is 0.478. The van der Waals surface area contributed by atoms with Crippen molar-refractivity contribution in [3.8, 4) is 11.4 Å². The van der Waals surface area contributed by atoms with Crippen molar-refractivity contribution in [2.24, 2.45) is 0 Å². The number of para-hydroxylation sites is 2. The third-order valence-electron chi connectivity index (χ3n) is 3.02. The zero-order valence-electron chi connectivity index (χ0n) is 10.0. The molecular weight excluding hydrogens is 262 g/mol. The summed E-state index contributed by atoms with van der Waals surface area (Å²) in [7, 11) is 0. The van der Waals surface area contributed by atoms with E-state index in [4.69, 9.17) is 17.3 Å². The first-order chi connectivity index (χ1) is 9.20. The highest BCUT2D eigenvalue weighted by atomic mass is 35.5. The summed E-state index contributed by atoms with van der Waals surface area (Å²) in [5, 5.41) is 9.51. The van der Waals surface area contributed by atoms with Crippen LogP contribution in [0.3, 0.4) is 0 Å². The molecule has 0 aliphatic carbocycles. The minimum Gasteiger partial charge on any atom is -0.506 e. The van der Waals surface area contributed by atoms with Gasteiger partial charge in [-0.25, -0.2) is 4.98 Å². The van der Waals surface area contributed by atoms with Crippen LogP contribution in [0.2, 0.25) is 0 Å². The monoisotopic (exact) mass is 273 g/mol. The van der Waals surface area contributed by atoms with Crippen molar-refractivity contribution in [1.82, 2.24) is 9.55 Å².